The van der Waals surface area contributed by atoms with Crippen LogP contribution in [0.2, 0.25) is 5.02 Å². The van der Waals surface area contributed by atoms with Crippen molar-refractivity contribution in [2.24, 2.45) is 0 Å². The van der Waals surface area contributed by atoms with Crippen molar-refractivity contribution in [2.75, 3.05) is 29.9 Å². The fourth-order valence-corrected chi connectivity index (χ4v) is 2.98. The number of nitrogens with zero attached hydrogens (tertiary/aromatic N) is 3. The van der Waals surface area contributed by atoms with Gasteiger partial charge in [0.25, 0.3) is 0 Å². The normalized spacial score (nSPS) is 13.8. The zero-order valence-electron chi connectivity index (χ0n) is 13.2. The van der Waals surface area contributed by atoms with Gasteiger partial charge in [0.1, 0.15) is 5.82 Å². The Bertz CT molecular complexity index is 692. The second kappa shape index (κ2) is 7.15. The summed E-state index contributed by atoms with van der Waals surface area (Å²) in [7, 11) is 0. The van der Waals surface area contributed by atoms with E-state index in [4.69, 9.17) is 16.7 Å². The van der Waals surface area contributed by atoms with Crippen LogP contribution in [0.1, 0.15) is 23.7 Å². The van der Waals surface area contributed by atoms with E-state index >= 15 is 0 Å². The zero-order chi connectivity index (χ0) is 16.2. The maximum atomic E-state index is 8.96. The Labute approximate surface area is 141 Å². The zero-order valence-corrected chi connectivity index (χ0v) is 14.0. The number of aromatic nitrogens is 2. The van der Waals surface area contributed by atoms with Crippen LogP contribution in [-0.4, -0.2) is 34.8 Å². The molecule has 1 aromatic carbocycles. The summed E-state index contributed by atoms with van der Waals surface area (Å²) in [6, 6.07) is 8.14. The lowest BCUT2D eigenvalue weighted by Crippen LogP contribution is -2.31. The van der Waals surface area contributed by atoms with Gasteiger partial charge < -0.3 is 15.3 Å². The average Bonchev–Trinajstić information content (AvgIpc) is 2.59. The van der Waals surface area contributed by atoms with Crippen LogP contribution in [-0.2, 0) is 19.4 Å². The fourth-order valence-electron chi connectivity index (χ4n) is 2.79. The Hall–Kier alpha value is -1.85. The van der Waals surface area contributed by atoms with Crippen LogP contribution < -0.4 is 10.2 Å². The summed E-state index contributed by atoms with van der Waals surface area (Å²) in [5.74, 6) is 1.51. The van der Waals surface area contributed by atoms with E-state index in [9.17, 15) is 0 Å². The van der Waals surface area contributed by atoms with Crippen molar-refractivity contribution in [1.82, 2.24) is 9.97 Å². The van der Waals surface area contributed by atoms with Crippen LogP contribution in [0.15, 0.2) is 24.3 Å². The molecular formula is C17H21ClN4O. The van der Waals surface area contributed by atoms with Crippen molar-refractivity contribution in [3.05, 3.63) is 46.1 Å². The molecule has 2 heterocycles. The molecule has 0 fully saturated rings. The van der Waals surface area contributed by atoms with Gasteiger partial charge >= 0.3 is 0 Å². The number of aryl methyl sites for hydroxylation is 1. The Morgan fingerprint density at radius 2 is 2.13 bits per heavy atom. The van der Waals surface area contributed by atoms with Crippen molar-refractivity contribution in [1.29, 1.82) is 0 Å². The lowest BCUT2D eigenvalue weighted by atomic mass is 10.00. The van der Waals surface area contributed by atoms with Crippen molar-refractivity contribution in [2.45, 2.75) is 26.3 Å². The molecule has 0 aliphatic carbocycles. The summed E-state index contributed by atoms with van der Waals surface area (Å²) >= 11 is 6.08. The summed E-state index contributed by atoms with van der Waals surface area (Å²) in [5, 5.41) is 12.8. The first-order valence-electron chi connectivity index (χ1n) is 7.94. The van der Waals surface area contributed by atoms with Gasteiger partial charge in [0.05, 0.1) is 6.61 Å². The standard InChI is InChI=1S/C17H21ClN4O/c1-2-15-10-16(21-17(20-15)19-6-8-23)22-7-5-12-9-14(18)4-3-13(12)11-22/h3-4,9-10,23H,2,5-8,11H2,1H3,(H,19,20,21). The molecule has 0 radical (unpaired) electrons. The number of hydrogen-bond acceptors (Lipinski definition) is 5. The van der Waals surface area contributed by atoms with Gasteiger partial charge in [-0.2, -0.15) is 4.98 Å². The molecule has 5 nitrogen and oxygen atoms in total. The lowest BCUT2D eigenvalue weighted by molar-refractivity contribution is 0.311. The third-order valence-corrected chi connectivity index (χ3v) is 4.26. The number of anilines is 2. The predicted molar refractivity (Wildman–Crippen MR) is 93.2 cm³/mol. The molecule has 1 aliphatic rings. The Morgan fingerprint density at radius 1 is 1.26 bits per heavy atom. The van der Waals surface area contributed by atoms with E-state index in [0.717, 1.165) is 42.5 Å². The Balaban J connectivity index is 1.85. The predicted octanol–water partition coefficient (Wildman–Crippen LogP) is 2.66. The smallest absolute Gasteiger partial charge is 0.224 e. The van der Waals surface area contributed by atoms with Gasteiger partial charge in [-0.15, -0.1) is 0 Å². The summed E-state index contributed by atoms with van der Waals surface area (Å²) < 4.78 is 0. The second-order valence-corrected chi connectivity index (χ2v) is 6.07. The van der Waals surface area contributed by atoms with Crippen LogP contribution in [0, 0.1) is 0 Å². The van der Waals surface area contributed by atoms with E-state index in [1.54, 1.807) is 0 Å². The third-order valence-electron chi connectivity index (χ3n) is 4.03. The van der Waals surface area contributed by atoms with E-state index in [-0.39, 0.29) is 6.61 Å². The highest BCUT2D eigenvalue weighted by Crippen LogP contribution is 2.26. The first-order chi connectivity index (χ1) is 11.2. The first-order valence-corrected chi connectivity index (χ1v) is 8.32. The molecule has 2 aromatic rings. The number of aliphatic hydroxyl groups is 1. The van der Waals surface area contributed by atoms with Crippen LogP contribution in [0.5, 0.6) is 0 Å². The second-order valence-electron chi connectivity index (χ2n) is 5.63. The van der Waals surface area contributed by atoms with Gasteiger partial charge in [0.15, 0.2) is 0 Å². The van der Waals surface area contributed by atoms with Crippen LogP contribution in [0.25, 0.3) is 0 Å². The topological polar surface area (TPSA) is 61.3 Å². The summed E-state index contributed by atoms with van der Waals surface area (Å²) in [5.41, 5.74) is 3.61. The van der Waals surface area contributed by atoms with Gasteiger partial charge in [0, 0.05) is 36.4 Å². The van der Waals surface area contributed by atoms with Gasteiger partial charge in [0.2, 0.25) is 5.95 Å². The van der Waals surface area contributed by atoms with E-state index < -0.39 is 0 Å². The molecule has 6 heteroatoms. The maximum Gasteiger partial charge on any atom is 0.224 e. The number of rotatable bonds is 5. The number of fused-ring (bicyclic) bond motifs is 1. The highest BCUT2D eigenvalue weighted by atomic mass is 35.5. The number of nitrogens with one attached hydrogen (secondary N) is 1. The molecule has 0 spiro atoms. The van der Waals surface area contributed by atoms with Crippen LogP contribution in [0.3, 0.4) is 0 Å². The third kappa shape index (κ3) is 3.74. The summed E-state index contributed by atoms with van der Waals surface area (Å²) in [4.78, 5) is 11.3. The Kier molecular flexibility index (Phi) is 4.98. The molecule has 23 heavy (non-hydrogen) atoms. The highest BCUT2D eigenvalue weighted by Gasteiger charge is 2.19. The van der Waals surface area contributed by atoms with E-state index in [1.807, 2.05) is 12.1 Å². The van der Waals surface area contributed by atoms with Crippen molar-refractivity contribution < 1.29 is 5.11 Å². The Morgan fingerprint density at radius 3 is 2.91 bits per heavy atom. The largest absolute Gasteiger partial charge is 0.395 e. The minimum Gasteiger partial charge on any atom is -0.395 e. The number of aliphatic hydroxyl groups excluding tert-OH is 1. The minimum absolute atomic E-state index is 0.0624. The van der Waals surface area contributed by atoms with Crippen LogP contribution >= 0.6 is 11.6 Å². The fraction of sp³-hybridized carbons (Fsp3) is 0.412. The number of benzene rings is 1. The molecule has 0 atom stereocenters. The highest BCUT2D eigenvalue weighted by molar-refractivity contribution is 6.30. The molecule has 2 N–H and O–H groups in total. The molecule has 1 aromatic heterocycles. The van der Waals surface area contributed by atoms with E-state index in [2.05, 4.69) is 39.2 Å². The monoisotopic (exact) mass is 332 g/mol. The molecule has 1 aliphatic heterocycles. The van der Waals surface area contributed by atoms with Gasteiger partial charge in [-0.05, 0) is 36.1 Å². The molecule has 122 valence electrons. The number of halogens is 1. The van der Waals surface area contributed by atoms with Crippen molar-refractivity contribution in [3.63, 3.8) is 0 Å². The lowest BCUT2D eigenvalue weighted by Gasteiger charge is -2.30. The maximum absolute atomic E-state index is 8.96. The molecule has 0 saturated carbocycles. The van der Waals surface area contributed by atoms with E-state index in [0.29, 0.717) is 12.5 Å². The average molecular weight is 333 g/mol. The first kappa shape index (κ1) is 16.0. The molecule has 0 amide bonds. The van der Waals surface area contributed by atoms with Crippen molar-refractivity contribution >= 4 is 23.4 Å². The summed E-state index contributed by atoms with van der Waals surface area (Å²) in [6.45, 7) is 4.33. The van der Waals surface area contributed by atoms with Crippen molar-refractivity contribution in [3.8, 4) is 0 Å². The minimum atomic E-state index is 0.0624. The van der Waals surface area contributed by atoms with Crippen LogP contribution in [0.4, 0.5) is 11.8 Å². The SMILES string of the molecule is CCc1cc(N2CCc3cc(Cl)ccc3C2)nc(NCCO)n1. The number of hydrogen-bond donors (Lipinski definition) is 2. The van der Waals surface area contributed by atoms with Gasteiger partial charge in [-0.1, -0.05) is 24.6 Å². The quantitative estimate of drug-likeness (QED) is 0.881. The van der Waals surface area contributed by atoms with E-state index in [1.165, 1.54) is 11.1 Å². The summed E-state index contributed by atoms with van der Waals surface area (Å²) in [6.07, 6.45) is 1.81. The van der Waals surface area contributed by atoms with Gasteiger partial charge in [-0.25, -0.2) is 4.98 Å². The van der Waals surface area contributed by atoms with Gasteiger partial charge in [-0.3, -0.25) is 0 Å². The molecule has 0 unspecified atom stereocenters. The molecule has 0 bridgehead atoms. The molecule has 3 rings (SSSR count). The molecule has 0 saturated heterocycles. The molecular weight excluding hydrogens is 312 g/mol.